The number of fused-ring (bicyclic) bond motifs is 3. The van der Waals surface area contributed by atoms with Gasteiger partial charge in [-0.15, -0.1) is 6.42 Å². The molecule has 278 valence electrons. The predicted molar refractivity (Wildman–Crippen MR) is 196 cm³/mol. The molecule has 1 spiro atoms. The monoisotopic (exact) mass is 725 g/mol. The minimum atomic E-state index is -0.787. The molecule has 4 atom stereocenters. The average molecular weight is 726 g/mol. The third-order valence-corrected chi connectivity index (χ3v) is 12.7. The molecule has 2 aromatic carbocycles. The molecule has 10 nitrogen and oxygen atoms in total. The number of hydrogen-bond acceptors (Lipinski definition) is 10. The van der Waals surface area contributed by atoms with Gasteiger partial charge in [0.2, 0.25) is 0 Å². The fourth-order valence-corrected chi connectivity index (χ4v) is 10.2. The zero-order valence-electron chi connectivity index (χ0n) is 29.8. The number of nitrogens with zero attached hydrogens (tertiary/aromatic N) is 5. The number of anilines is 1. The van der Waals surface area contributed by atoms with E-state index in [1.165, 1.54) is 43.3 Å². The second-order valence-electron chi connectivity index (χ2n) is 15.8. The topological polar surface area (TPSA) is 113 Å². The first-order valence-corrected chi connectivity index (χ1v) is 19.1. The van der Waals surface area contributed by atoms with Crippen molar-refractivity contribution in [3.05, 3.63) is 47.7 Å². The van der Waals surface area contributed by atoms with E-state index in [4.69, 9.17) is 25.6 Å². The van der Waals surface area contributed by atoms with Crippen molar-refractivity contribution in [2.75, 3.05) is 51.0 Å². The van der Waals surface area contributed by atoms with Crippen molar-refractivity contribution >= 4 is 27.5 Å². The number of likely N-dealkylation sites (tertiary alicyclic amines) is 1. The molecule has 3 saturated heterocycles. The van der Waals surface area contributed by atoms with Gasteiger partial charge in [0.25, 0.3) is 0 Å². The lowest BCUT2D eigenvalue weighted by molar-refractivity contribution is -0.0267. The third kappa shape index (κ3) is 6.06. The molecule has 9 rings (SSSR count). The van der Waals surface area contributed by atoms with Gasteiger partial charge in [-0.2, -0.15) is 9.97 Å². The molecular formula is C41H45F2N5O5. The number of halogens is 2. The van der Waals surface area contributed by atoms with Gasteiger partial charge in [0, 0.05) is 47.7 Å². The van der Waals surface area contributed by atoms with Gasteiger partial charge in [-0.1, -0.05) is 31.2 Å². The van der Waals surface area contributed by atoms with E-state index in [1.54, 1.807) is 0 Å². The number of terminal acetylenes is 1. The predicted octanol–water partition coefficient (Wildman–Crippen LogP) is 6.12. The number of aliphatic hydroxyl groups excluding tert-OH is 1. The molecule has 5 aliphatic rings. The summed E-state index contributed by atoms with van der Waals surface area (Å²) in [5, 5.41) is 22.3. The van der Waals surface area contributed by atoms with Crippen LogP contribution in [-0.2, 0) is 9.47 Å². The number of aliphatic hydroxyl groups is 1. The molecule has 2 aliphatic carbocycles. The fraction of sp³-hybridized carbons (Fsp3) is 0.537. The maximum atomic E-state index is 17.0. The highest BCUT2D eigenvalue weighted by Crippen LogP contribution is 2.51. The molecule has 0 radical (unpaired) electrons. The van der Waals surface area contributed by atoms with Crippen LogP contribution >= 0.6 is 0 Å². The lowest BCUT2D eigenvalue weighted by Crippen LogP contribution is -2.55. The van der Waals surface area contributed by atoms with Gasteiger partial charge in [0.1, 0.15) is 28.6 Å². The fourth-order valence-electron chi connectivity index (χ4n) is 10.2. The van der Waals surface area contributed by atoms with Crippen molar-refractivity contribution in [1.29, 1.82) is 0 Å². The quantitative estimate of drug-likeness (QED) is 0.226. The number of β-amino-alcohol motifs (C(OH)–C–C–N with tert-alkyl or cyclic N) is 1. The Labute approximate surface area is 307 Å². The average Bonchev–Trinajstić information content (AvgIpc) is 3.89. The van der Waals surface area contributed by atoms with Gasteiger partial charge in [0.05, 0.1) is 49.1 Å². The summed E-state index contributed by atoms with van der Waals surface area (Å²) in [4.78, 5) is 18.6. The molecule has 4 aromatic rings. The summed E-state index contributed by atoms with van der Waals surface area (Å²) in [5.41, 5.74) is -0.141. The summed E-state index contributed by atoms with van der Waals surface area (Å²) in [6.07, 6.45) is 17.7. The van der Waals surface area contributed by atoms with Crippen LogP contribution in [0.3, 0.4) is 0 Å². The van der Waals surface area contributed by atoms with E-state index >= 15 is 4.39 Å². The second kappa shape index (κ2) is 13.6. The molecular weight excluding hydrogens is 680 g/mol. The number of piperidine rings is 1. The van der Waals surface area contributed by atoms with Gasteiger partial charge >= 0.3 is 6.01 Å². The molecule has 2 N–H and O–H groups in total. The van der Waals surface area contributed by atoms with E-state index in [0.717, 1.165) is 64.5 Å². The third-order valence-electron chi connectivity index (χ3n) is 12.7. The van der Waals surface area contributed by atoms with Crippen LogP contribution in [0.1, 0.15) is 69.8 Å². The van der Waals surface area contributed by atoms with Crippen LogP contribution < -0.4 is 9.64 Å². The molecule has 0 amide bonds. The smallest absolute Gasteiger partial charge is 0.319 e. The largest absolute Gasteiger partial charge is 0.508 e. The molecule has 2 aromatic heterocycles. The summed E-state index contributed by atoms with van der Waals surface area (Å²) in [6, 6.07) is 6.29. The van der Waals surface area contributed by atoms with E-state index in [-0.39, 0.29) is 63.7 Å². The number of aromatic nitrogens is 3. The number of aromatic hydroxyl groups is 1. The summed E-state index contributed by atoms with van der Waals surface area (Å²) in [6.45, 7) is 3.37. The standard InChI is InChI=1S/C41H45F2N5O5/c1-2-29-32(42)9-8-25-17-27(49)18-30(34(25)29)36-35(43)37-31(20-44-36)38(47-15-16-51-23-28(50)21-47)46-39(45-37)52-24-40-10-5-7-33(40)48(14-6-11-40)26-19-41(53-22-26)12-3-4-13-41/h1,8-9,17-18,20,26,28,33,49-50H,3-7,10-16,19,21-24H2. The summed E-state index contributed by atoms with van der Waals surface area (Å²) in [7, 11) is 0. The Bertz CT molecular complexity index is 2100. The van der Waals surface area contributed by atoms with Crippen LogP contribution in [0.25, 0.3) is 32.9 Å². The van der Waals surface area contributed by atoms with Crippen LogP contribution in [0.2, 0.25) is 0 Å². The van der Waals surface area contributed by atoms with E-state index in [2.05, 4.69) is 20.8 Å². The van der Waals surface area contributed by atoms with Crippen molar-refractivity contribution in [3.63, 3.8) is 0 Å². The Morgan fingerprint density at radius 3 is 2.74 bits per heavy atom. The first-order chi connectivity index (χ1) is 25.8. The molecule has 5 heterocycles. The summed E-state index contributed by atoms with van der Waals surface area (Å²) in [5.74, 6) is 1.19. The van der Waals surface area contributed by atoms with Crippen LogP contribution in [0.15, 0.2) is 30.5 Å². The van der Waals surface area contributed by atoms with E-state index < -0.39 is 17.7 Å². The van der Waals surface area contributed by atoms with Crippen molar-refractivity contribution < 1.29 is 33.2 Å². The highest BCUT2D eigenvalue weighted by atomic mass is 19.1. The van der Waals surface area contributed by atoms with Crippen LogP contribution in [0, 0.1) is 29.4 Å². The second-order valence-corrected chi connectivity index (χ2v) is 15.8. The molecule has 4 unspecified atom stereocenters. The molecule has 0 bridgehead atoms. The van der Waals surface area contributed by atoms with Crippen LogP contribution in [-0.4, -0.2) is 99.9 Å². The lowest BCUT2D eigenvalue weighted by atomic mass is 9.74. The summed E-state index contributed by atoms with van der Waals surface area (Å²) < 4.78 is 50.7. The number of phenols is 1. The molecule has 5 fully saturated rings. The highest BCUT2D eigenvalue weighted by Gasteiger charge is 2.53. The highest BCUT2D eigenvalue weighted by molar-refractivity contribution is 6.03. The first kappa shape index (κ1) is 34.6. The maximum absolute atomic E-state index is 17.0. The summed E-state index contributed by atoms with van der Waals surface area (Å²) >= 11 is 0. The number of ether oxygens (including phenoxy) is 3. The van der Waals surface area contributed by atoms with Crippen LogP contribution in [0.4, 0.5) is 14.6 Å². The van der Waals surface area contributed by atoms with Gasteiger partial charge in [-0.25, -0.2) is 8.78 Å². The molecule has 53 heavy (non-hydrogen) atoms. The minimum absolute atomic E-state index is 0.0330. The Kier molecular flexibility index (Phi) is 8.89. The maximum Gasteiger partial charge on any atom is 0.319 e. The number of pyridine rings is 1. The SMILES string of the molecule is C#Cc1c(F)ccc2cc(O)cc(-c3ncc4c(N5CCOCC(O)C5)nc(OCC56CCCC5N(C5COC7(CCCC7)C5)CCC6)nc4c3F)c12. The van der Waals surface area contributed by atoms with E-state index in [9.17, 15) is 14.6 Å². The van der Waals surface area contributed by atoms with Crippen molar-refractivity contribution in [3.8, 4) is 35.4 Å². The number of hydrogen-bond donors (Lipinski definition) is 2. The zero-order chi connectivity index (χ0) is 36.3. The lowest BCUT2D eigenvalue weighted by Gasteiger charge is -2.48. The number of rotatable bonds is 6. The normalized spacial score (nSPS) is 27.4. The zero-order valence-corrected chi connectivity index (χ0v) is 29.8. The van der Waals surface area contributed by atoms with Crippen molar-refractivity contribution in [1.82, 2.24) is 19.9 Å². The van der Waals surface area contributed by atoms with Crippen molar-refractivity contribution in [2.24, 2.45) is 5.41 Å². The Morgan fingerprint density at radius 1 is 1.04 bits per heavy atom. The van der Waals surface area contributed by atoms with Gasteiger partial charge in [0.15, 0.2) is 5.82 Å². The van der Waals surface area contributed by atoms with E-state index in [1.807, 2.05) is 4.90 Å². The van der Waals surface area contributed by atoms with E-state index in [0.29, 0.717) is 48.4 Å². The Hall–Kier alpha value is -4.15. The molecule has 2 saturated carbocycles. The number of phenolic OH excluding ortho intramolecular Hbond substituents is 1. The van der Waals surface area contributed by atoms with Gasteiger partial charge < -0.3 is 29.3 Å². The number of benzene rings is 2. The van der Waals surface area contributed by atoms with Crippen molar-refractivity contribution in [2.45, 2.75) is 88.0 Å². The first-order valence-electron chi connectivity index (χ1n) is 19.1. The van der Waals surface area contributed by atoms with Gasteiger partial charge in [-0.3, -0.25) is 9.88 Å². The minimum Gasteiger partial charge on any atom is -0.508 e. The molecule has 3 aliphatic heterocycles. The van der Waals surface area contributed by atoms with Gasteiger partial charge in [-0.05, 0) is 75.1 Å². The molecule has 12 heteroatoms. The van der Waals surface area contributed by atoms with Crippen LogP contribution in [0.5, 0.6) is 11.8 Å². The Balaban J connectivity index is 1.10. The Morgan fingerprint density at radius 2 is 1.89 bits per heavy atom.